The van der Waals surface area contributed by atoms with Crippen LogP contribution in [0, 0.1) is 0 Å². The first-order valence-corrected chi connectivity index (χ1v) is 12.9. The van der Waals surface area contributed by atoms with Crippen molar-refractivity contribution in [2.24, 2.45) is 0 Å². The molecule has 2 nitrogen and oxygen atoms in total. The fraction of sp³-hybridized carbons (Fsp3) is 0.900. The van der Waals surface area contributed by atoms with Crippen LogP contribution in [0.25, 0.3) is 0 Å². The smallest absolute Gasteiger partial charge is 0.185 e. The molecule has 0 unspecified atom stereocenters. The summed E-state index contributed by atoms with van der Waals surface area (Å²) >= 11 is 3.81. The van der Waals surface area contributed by atoms with E-state index in [1.54, 1.807) is 0 Å². The van der Waals surface area contributed by atoms with Gasteiger partial charge in [-0.3, -0.25) is 4.79 Å². The van der Waals surface area contributed by atoms with Crippen LogP contribution < -0.4 is 0 Å². The fourth-order valence-corrected chi connectivity index (χ4v) is 11.9. The van der Waals surface area contributed by atoms with Crippen molar-refractivity contribution >= 4 is 34.2 Å². The van der Waals surface area contributed by atoms with Crippen molar-refractivity contribution in [3.05, 3.63) is 0 Å². The van der Waals surface area contributed by atoms with Crippen molar-refractivity contribution in [2.45, 2.75) is 52.1 Å². The average molecular weight is 264 g/mol. The maximum Gasteiger partial charge on any atom is 0.185 e. The second kappa shape index (κ2) is 5.66. The molecule has 15 heavy (non-hydrogen) atoms. The Bertz CT molecular complexity index is 206. The molecule has 0 amide bonds. The summed E-state index contributed by atoms with van der Waals surface area (Å²) in [6.45, 7) is 15.4. The molecule has 0 aromatic heterocycles. The van der Waals surface area contributed by atoms with Crippen molar-refractivity contribution in [3.63, 3.8) is 0 Å². The molecule has 0 heterocycles. The van der Waals surface area contributed by atoms with Crippen LogP contribution in [0.3, 0.4) is 0 Å². The highest BCUT2D eigenvalue weighted by Crippen LogP contribution is 2.20. The normalized spacial score (nSPS) is 13.3. The van der Waals surface area contributed by atoms with Gasteiger partial charge in [0.25, 0.3) is 0 Å². The Kier molecular flexibility index (Phi) is 5.81. The van der Waals surface area contributed by atoms with Crippen molar-refractivity contribution in [1.82, 2.24) is 4.23 Å². The van der Waals surface area contributed by atoms with Crippen LogP contribution in [0.2, 0.25) is 39.3 Å². The Morgan fingerprint density at radius 3 is 1.73 bits per heavy atom. The van der Waals surface area contributed by atoms with Gasteiger partial charge in [0.1, 0.15) is 16.5 Å². The van der Waals surface area contributed by atoms with E-state index in [2.05, 4.69) is 56.1 Å². The number of carbonyl (C=O) groups is 1. The molecule has 0 fully saturated rings. The third-order valence-electron chi connectivity index (χ3n) is 2.39. The Morgan fingerprint density at radius 2 is 1.47 bits per heavy atom. The molecule has 0 saturated carbocycles. The van der Waals surface area contributed by atoms with Crippen LogP contribution in [0.15, 0.2) is 0 Å². The summed E-state index contributed by atoms with van der Waals surface area (Å²) in [5, 5.41) is 0.0149. The van der Waals surface area contributed by atoms with Gasteiger partial charge in [-0.1, -0.05) is 39.3 Å². The lowest BCUT2D eigenvalue weighted by Gasteiger charge is -2.43. The number of rotatable bonds is 6. The molecule has 0 atom stereocenters. The predicted octanol–water partition coefficient (Wildman–Crippen LogP) is 3.19. The van der Waals surface area contributed by atoms with Crippen LogP contribution in [-0.2, 0) is 4.79 Å². The Labute approximate surface area is 102 Å². The van der Waals surface area contributed by atoms with Gasteiger partial charge in [-0.2, -0.15) is 0 Å². The summed E-state index contributed by atoms with van der Waals surface area (Å²) in [6, 6.07) is 0. The van der Waals surface area contributed by atoms with Crippen LogP contribution in [-0.4, -0.2) is 32.4 Å². The minimum Gasteiger partial charge on any atom is -0.346 e. The third-order valence-corrected chi connectivity index (χ3v) is 10.3. The van der Waals surface area contributed by atoms with Gasteiger partial charge in [0.15, 0.2) is 5.12 Å². The van der Waals surface area contributed by atoms with E-state index < -0.39 is 16.5 Å². The van der Waals surface area contributed by atoms with Gasteiger partial charge in [-0.15, -0.1) is 12.6 Å². The molecule has 0 aromatic carbocycles. The monoisotopic (exact) mass is 263 g/mol. The van der Waals surface area contributed by atoms with Crippen molar-refractivity contribution in [2.75, 3.05) is 6.54 Å². The van der Waals surface area contributed by atoms with E-state index in [0.29, 0.717) is 6.42 Å². The van der Waals surface area contributed by atoms with Gasteiger partial charge in [0, 0.05) is 6.42 Å². The highest BCUT2D eigenvalue weighted by atomic mass is 32.1. The molecule has 0 N–H and O–H groups in total. The van der Waals surface area contributed by atoms with Crippen LogP contribution in [0.5, 0.6) is 0 Å². The Morgan fingerprint density at radius 1 is 1.07 bits per heavy atom. The van der Waals surface area contributed by atoms with E-state index in [9.17, 15) is 4.79 Å². The van der Waals surface area contributed by atoms with Gasteiger partial charge in [-0.25, -0.2) is 0 Å². The second-order valence-electron chi connectivity index (χ2n) is 5.99. The number of nitrogens with zero attached hydrogens (tertiary/aromatic N) is 1. The summed E-state index contributed by atoms with van der Waals surface area (Å²) in [6.07, 6.45) is 1.56. The maximum atomic E-state index is 10.8. The highest BCUT2D eigenvalue weighted by molar-refractivity contribution is 7.96. The summed E-state index contributed by atoms with van der Waals surface area (Å²) in [5.41, 5.74) is 0. The zero-order chi connectivity index (χ0) is 12.3. The summed E-state index contributed by atoms with van der Waals surface area (Å²) in [5.74, 6) is 0. The van der Waals surface area contributed by atoms with E-state index in [1.165, 1.54) is 0 Å². The van der Waals surface area contributed by atoms with Gasteiger partial charge in [0.05, 0.1) is 0 Å². The molecular weight excluding hydrogens is 238 g/mol. The molecule has 0 aliphatic rings. The SMILES string of the molecule is C[Si](C)(C)N(CCCC(=O)S)[Si](C)(C)C. The van der Waals surface area contributed by atoms with Crippen molar-refractivity contribution in [3.8, 4) is 0 Å². The molecular formula is C10H25NOSSi2. The fourth-order valence-electron chi connectivity index (χ4n) is 2.07. The van der Waals surface area contributed by atoms with Crippen LogP contribution >= 0.6 is 12.6 Å². The number of thiol groups is 1. The summed E-state index contributed by atoms with van der Waals surface area (Å²) in [4.78, 5) is 10.8. The zero-order valence-corrected chi connectivity index (χ0v) is 13.8. The molecule has 90 valence electrons. The standard InChI is InChI=1S/C10H25NOSSi2/c1-14(2,3)11(15(4,5)6)9-7-8-10(12)13/h7-9H2,1-6H3,(H,12,13). The van der Waals surface area contributed by atoms with Gasteiger partial charge in [-0.05, 0) is 13.0 Å². The first kappa shape index (κ1) is 15.4. The minimum atomic E-state index is -1.24. The Hall–Kier alpha value is 0.414. The van der Waals surface area contributed by atoms with Crippen LogP contribution in [0.1, 0.15) is 12.8 Å². The second-order valence-corrected chi connectivity index (χ2v) is 16.7. The number of hydrogen-bond donors (Lipinski definition) is 1. The van der Waals surface area contributed by atoms with E-state index in [0.717, 1.165) is 13.0 Å². The van der Waals surface area contributed by atoms with E-state index in [-0.39, 0.29) is 5.12 Å². The lowest BCUT2D eigenvalue weighted by Crippen LogP contribution is -2.59. The largest absolute Gasteiger partial charge is 0.346 e. The quantitative estimate of drug-likeness (QED) is 0.587. The molecule has 0 saturated heterocycles. The lowest BCUT2D eigenvalue weighted by molar-refractivity contribution is -0.110. The molecule has 0 spiro atoms. The average Bonchev–Trinajstić information content (AvgIpc) is 1.92. The van der Waals surface area contributed by atoms with E-state index in [4.69, 9.17) is 0 Å². The molecule has 0 aliphatic heterocycles. The minimum absolute atomic E-state index is 0.0149. The molecule has 0 radical (unpaired) electrons. The maximum absolute atomic E-state index is 10.8. The van der Waals surface area contributed by atoms with E-state index >= 15 is 0 Å². The van der Waals surface area contributed by atoms with Crippen molar-refractivity contribution in [1.29, 1.82) is 0 Å². The third kappa shape index (κ3) is 6.55. The zero-order valence-electron chi connectivity index (χ0n) is 10.9. The topological polar surface area (TPSA) is 20.3 Å². The van der Waals surface area contributed by atoms with Gasteiger partial charge in [0.2, 0.25) is 0 Å². The summed E-state index contributed by atoms with van der Waals surface area (Å²) in [7, 11) is -2.47. The van der Waals surface area contributed by atoms with Crippen LogP contribution in [0.4, 0.5) is 0 Å². The highest BCUT2D eigenvalue weighted by Gasteiger charge is 2.33. The molecule has 0 aromatic rings. The molecule has 0 rings (SSSR count). The van der Waals surface area contributed by atoms with Gasteiger partial charge < -0.3 is 4.23 Å². The Balaban J connectivity index is 4.35. The molecule has 5 heteroatoms. The predicted molar refractivity (Wildman–Crippen MR) is 76.6 cm³/mol. The molecule has 0 aliphatic carbocycles. The first-order valence-electron chi connectivity index (χ1n) is 5.54. The lowest BCUT2D eigenvalue weighted by atomic mass is 10.3. The number of carbonyl (C=O) groups excluding carboxylic acids is 1. The van der Waals surface area contributed by atoms with E-state index in [1.807, 2.05) is 0 Å². The molecule has 0 bridgehead atoms. The summed E-state index contributed by atoms with van der Waals surface area (Å²) < 4.78 is 2.71. The number of hydrogen-bond acceptors (Lipinski definition) is 2. The van der Waals surface area contributed by atoms with Crippen molar-refractivity contribution < 1.29 is 4.79 Å². The van der Waals surface area contributed by atoms with Gasteiger partial charge >= 0.3 is 0 Å². The first-order chi connectivity index (χ1) is 6.55.